The van der Waals surface area contributed by atoms with Gasteiger partial charge in [0.2, 0.25) is 0 Å². The summed E-state index contributed by atoms with van der Waals surface area (Å²) >= 11 is 12.0. The summed E-state index contributed by atoms with van der Waals surface area (Å²) in [6, 6.07) is 10.5. The molecule has 0 fully saturated rings. The molecule has 2 aromatic carbocycles. The van der Waals surface area contributed by atoms with E-state index in [1.54, 1.807) is 13.2 Å². The average molecular weight is 350 g/mol. The quantitative estimate of drug-likeness (QED) is 0.693. The molecule has 0 bridgehead atoms. The first-order valence-corrected chi connectivity index (χ1v) is 7.56. The number of aromatic nitrogens is 1. The van der Waals surface area contributed by atoms with Crippen LogP contribution in [0.4, 0.5) is 0 Å². The molecule has 0 amide bonds. The fraction of sp³-hybridized carbons (Fsp3) is 0.118. The number of phenols is 1. The van der Waals surface area contributed by atoms with Crippen LogP contribution in [0.25, 0.3) is 22.6 Å². The Balaban J connectivity index is 2.09. The van der Waals surface area contributed by atoms with E-state index in [0.717, 1.165) is 16.9 Å². The molecule has 1 aromatic heterocycles. The third-order valence-corrected chi connectivity index (χ3v) is 4.07. The SMILES string of the molecule is COc1ccc(-c2noc(-c3cc(Cl)cc(Cl)c3O)c2C)cc1. The van der Waals surface area contributed by atoms with Gasteiger partial charge in [0.05, 0.1) is 17.7 Å². The molecule has 0 radical (unpaired) electrons. The number of benzene rings is 2. The van der Waals surface area contributed by atoms with Crippen LogP contribution in [0, 0.1) is 6.92 Å². The predicted octanol–water partition coefficient (Wildman–Crippen LogP) is 5.34. The van der Waals surface area contributed by atoms with Crippen LogP contribution in [-0.2, 0) is 0 Å². The number of ether oxygens (including phenoxy) is 1. The molecule has 1 heterocycles. The van der Waals surface area contributed by atoms with E-state index in [4.69, 9.17) is 32.5 Å². The molecule has 0 saturated carbocycles. The number of aromatic hydroxyl groups is 1. The molecule has 1 N–H and O–H groups in total. The number of rotatable bonds is 3. The molecule has 0 aliphatic carbocycles. The number of methoxy groups -OCH3 is 1. The topological polar surface area (TPSA) is 55.5 Å². The maximum Gasteiger partial charge on any atom is 0.174 e. The Morgan fingerprint density at radius 3 is 2.48 bits per heavy atom. The van der Waals surface area contributed by atoms with E-state index in [2.05, 4.69) is 5.16 Å². The van der Waals surface area contributed by atoms with Gasteiger partial charge in [-0.1, -0.05) is 28.4 Å². The Kier molecular flexibility index (Phi) is 4.20. The Hall–Kier alpha value is -2.17. The Morgan fingerprint density at radius 2 is 1.83 bits per heavy atom. The van der Waals surface area contributed by atoms with Gasteiger partial charge < -0.3 is 14.4 Å². The molecule has 3 aromatic rings. The maximum atomic E-state index is 10.2. The molecule has 4 nitrogen and oxygen atoms in total. The highest BCUT2D eigenvalue weighted by Crippen LogP contribution is 2.41. The lowest BCUT2D eigenvalue weighted by Crippen LogP contribution is -1.85. The van der Waals surface area contributed by atoms with E-state index < -0.39 is 0 Å². The molecule has 0 aliphatic rings. The molecule has 6 heteroatoms. The standard InChI is InChI=1S/C17H13Cl2NO3/c1-9-15(10-3-5-12(22-2)6-4-10)20-23-17(9)13-7-11(18)8-14(19)16(13)21/h3-8,21H,1-2H3. The van der Waals surface area contributed by atoms with Crippen molar-refractivity contribution in [3.63, 3.8) is 0 Å². The minimum absolute atomic E-state index is 0.0865. The van der Waals surface area contributed by atoms with E-state index in [9.17, 15) is 5.11 Å². The van der Waals surface area contributed by atoms with Crippen molar-refractivity contribution in [1.82, 2.24) is 5.16 Å². The number of hydrogen-bond donors (Lipinski definition) is 1. The molecular weight excluding hydrogens is 337 g/mol. The number of hydrogen-bond acceptors (Lipinski definition) is 4. The molecule has 23 heavy (non-hydrogen) atoms. The lowest BCUT2D eigenvalue weighted by atomic mass is 10.0. The van der Waals surface area contributed by atoms with Gasteiger partial charge in [-0.25, -0.2) is 0 Å². The highest BCUT2D eigenvalue weighted by molar-refractivity contribution is 6.36. The van der Waals surface area contributed by atoms with Crippen LogP contribution in [0.5, 0.6) is 11.5 Å². The average Bonchev–Trinajstić information content (AvgIpc) is 2.92. The van der Waals surface area contributed by atoms with Gasteiger partial charge in [0.15, 0.2) is 5.76 Å². The predicted molar refractivity (Wildman–Crippen MR) is 90.3 cm³/mol. The molecule has 0 saturated heterocycles. The summed E-state index contributed by atoms with van der Waals surface area (Å²) in [7, 11) is 1.61. The van der Waals surface area contributed by atoms with Crippen molar-refractivity contribution in [2.45, 2.75) is 6.92 Å². The second-order valence-electron chi connectivity index (χ2n) is 5.00. The largest absolute Gasteiger partial charge is 0.506 e. The van der Waals surface area contributed by atoms with Crippen LogP contribution in [0.1, 0.15) is 5.56 Å². The normalized spacial score (nSPS) is 10.8. The van der Waals surface area contributed by atoms with Crippen molar-refractivity contribution in [2.75, 3.05) is 7.11 Å². The van der Waals surface area contributed by atoms with Crippen LogP contribution < -0.4 is 4.74 Å². The van der Waals surface area contributed by atoms with E-state index >= 15 is 0 Å². The van der Waals surface area contributed by atoms with Crippen LogP contribution >= 0.6 is 23.2 Å². The smallest absolute Gasteiger partial charge is 0.174 e. The fourth-order valence-electron chi connectivity index (χ4n) is 2.34. The van der Waals surface area contributed by atoms with E-state index in [1.165, 1.54) is 6.07 Å². The third-order valence-electron chi connectivity index (χ3n) is 3.56. The first-order chi connectivity index (χ1) is 11.0. The van der Waals surface area contributed by atoms with Gasteiger partial charge in [0.1, 0.15) is 17.2 Å². The maximum absolute atomic E-state index is 10.2. The summed E-state index contributed by atoms with van der Waals surface area (Å²) in [5, 5.41) is 14.8. The number of phenolic OH excluding ortho intramolecular Hbond substituents is 1. The fourth-order valence-corrected chi connectivity index (χ4v) is 2.84. The van der Waals surface area contributed by atoms with Crippen molar-refractivity contribution < 1.29 is 14.4 Å². The van der Waals surface area contributed by atoms with Crippen molar-refractivity contribution in [2.24, 2.45) is 0 Å². The summed E-state index contributed by atoms with van der Waals surface area (Å²) in [6.07, 6.45) is 0. The van der Waals surface area contributed by atoms with E-state index in [1.807, 2.05) is 31.2 Å². The Morgan fingerprint density at radius 1 is 1.13 bits per heavy atom. The molecular formula is C17H13Cl2NO3. The third kappa shape index (κ3) is 2.87. The van der Waals surface area contributed by atoms with Crippen molar-refractivity contribution in [3.05, 3.63) is 52.0 Å². The number of nitrogens with zero attached hydrogens (tertiary/aromatic N) is 1. The first kappa shape index (κ1) is 15.7. The van der Waals surface area contributed by atoms with Crippen LogP contribution in [-0.4, -0.2) is 17.4 Å². The van der Waals surface area contributed by atoms with E-state index in [0.29, 0.717) is 22.0 Å². The molecule has 0 unspecified atom stereocenters. The summed E-state index contributed by atoms with van der Waals surface area (Å²) in [5.74, 6) is 1.10. The van der Waals surface area contributed by atoms with Gasteiger partial charge >= 0.3 is 0 Å². The van der Waals surface area contributed by atoms with Crippen LogP contribution in [0.3, 0.4) is 0 Å². The Bertz CT molecular complexity index is 857. The molecule has 3 rings (SSSR count). The van der Waals surface area contributed by atoms with Gasteiger partial charge in [-0.3, -0.25) is 0 Å². The van der Waals surface area contributed by atoms with Crippen molar-refractivity contribution in [3.8, 4) is 34.1 Å². The highest BCUT2D eigenvalue weighted by atomic mass is 35.5. The molecule has 0 aliphatic heterocycles. The zero-order valence-electron chi connectivity index (χ0n) is 12.4. The zero-order valence-corrected chi connectivity index (χ0v) is 13.9. The lowest BCUT2D eigenvalue weighted by molar-refractivity contribution is 0.414. The van der Waals surface area contributed by atoms with Crippen molar-refractivity contribution in [1.29, 1.82) is 0 Å². The van der Waals surface area contributed by atoms with Gasteiger partial charge in [-0.2, -0.15) is 0 Å². The minimum atomic E-state index is -0.0865. The lowest BCUT2D eigenvalue weighted by Gasteiger charge is -2.05. The zero-order chi connectivity index (χ0) is 16.6. The Labute approximate surface area is 143 Å². The van der Waals surface area contributed by atoms with Crippen molar-refractivity contribution >= 4 is 23.2 Å². The van der Waals surface area contributed by atoms with Crippen LogP contribution in [0.15, 0.2) is 40.9 Å². The molecule has 0 atom stereocenters. The minimum Gasteiger partial charge on any atom is -0.506 e. The molecule has 118 valence electrons. The second kappa shape index (κ2) is 6.14. The number of halogens is 2. The van der Waals surface area contributed by atoms with E-state index in [-0.39, 0.29) is 10.8 Å². The highest BCUT2D eigenvalue weighted by Gasteiger charge is 2.20. The van der Waals surface area contributed by atoms with Gasteiger partial charge in [-0.05, 0) is 43.3 Å². The molecule has 0 spiro atoms. The monoisotopic (exact) mass is 349 g/mol. The summed E-state index contributed by atoms with van der Waals surface area (Å²) < 4.78 is 10.6. The summed E-state index contributed by atoms with van der Waals surface area (Å²) in [4.78, 5) is 0. The second-order valence-corrected chi connectivity index (χ2v) is 5.84. The summed E-state index contributed by atoms with van der Waals surface area (Å²) in [5.41, 5.74) is 2.75. The van der Waals surface area contributed by atoms with Gasteiger partial charge in [0, 0.05) is 16.1 Å². The van der Waals surface area contributed by atoms with Gasteiger partial charge in [0.25, 0.3) is 0 Å². The summed E-state index contributed by atoms with van der Waals surface area (Å²) in [6.45, 7) is 1.86. The van der Waals surface area contributed by atoms with Crippen LogP contribution in [0.2, 0.25) is 10.0 Å². The van der Waals surface area contributed by atoms with Gasteiger partial charge in [-0.15, -0.1) is 0 Å². The first-order valence-electron chi connectivity index (χ1n) is 6.80.